The maximum absolute atomic E-state index is 11.9. The van der Waals surface area contributed by atoms with Gasteiger partial charge in [0.15, 0.2) is 0 Å². The zero-order chi connectivity index (χ0) is 25.9. The average Bonchev–Trinajstić information content (AvgIpc) is 3.36. The van der Waals surface area contributed by atoms with Gasteiger partial charge in [-0.05, 0) is 66.3 Å². The molecule has 1 fully saturated rings. The molecule has 1 aromatic carbocycles. The maximum atomic E-state index is 11.9. The second-order valence-corrected chi connectivity index (χ2v) is 10.3. The number of piperidine rings is 1. The van der Waals surface area contributed by atoms with E-state index in [9.17, 15) is 9.59 Å². The minimum absolute atomic E-state index is 0.154. The van der Waals surface area contributed by atoms with E-state index in [0.29, 0.717) is 17.7 Å². The van der Waals surface area contributed by atoms with Crippen molar-refractivity contribution in [1.82, 2.24) is 25.0 Å². The molecule has 3 aromatic rings. The quantitative estimate of drug-likeness (QED) is 0.451. The fourth-order valence-corrected chi connectivity index (χ4v) is 5.19. The van der Waals surface area contributed by atoms with Gasteiger partial charge in [0.25, 0.3) is 0 Å². The molecular formula is C29H34N6O2. The number of anilines is 2. The van der Waals surface area contributed by atoms with Gasteiger partial charge in [0.1, 0.15) is 18.1 Å². The number of pyridine rings is 1. The van der Waals surface area contributed by atoms with E-state index in [4.69, 9.17) is 4.98 Å². The molecule has 2 aliphatic rings. The Morgan fingerprint density at radius 1 is 1.22 bits per heavy atom. The summed E-state index contributed by atoms with van der Waals surface area (Å²) in [6.07, 6.45) is 10.5. The van der Waals surface area contributed by atoms with E-state index in [2.05, 4.69) is 53.8 Å². The molecule has 0 aliphatic carbocycles. The Hall–Kier alpha value is -3.94. The van der Waals surface area contributed by atoms with Crippen LogP contribution in [0.1, 0.15) is 62.3 Å². The van der Waals surface area contributed by atoms with Crippen LogP contribution in [0.3, 0.4) is 0 Å². The first-order valence-corrected chi connectivity index (χ1v) is 13.0. The van der Waals surface area contributed by atoms with Crippen molar-refractivity contribution in [3.05, 3.63) is 65.6 Å². The summed E-state index contributed by atoms with van der Waals surface area (Å²) in [5.41, 5.74) is 5.72. The Morgan fingerprint density at radius 3 is 2.65 bits per heavy atom. The highest BCUT2D eigenvalue weighted by Crippen LogP contribution is 2.35. The molecule has 2 aliphatic heterocycles. The smallest absolute Gasteiger partial charge is 0.219 e. The molecule has 37 heavy (non-hydrogen) atoms. The predicted molar refractivity (Wildman–Crippen MR) is 145 cm³/mol. The van der Waals surface area contributed by atoms with E-state index in [1.54, 1.807) is 6.92 Å². The summed E-state index contributed by atoms with van der Waals surface area (Å²) in [4.78, 5) is 30.4. The molecule has 8 heteroatoms. The van der Waals surface area contributed by atoms with Crippen molar-refractivity contribution in [3.8, 4) is 11.3 Å². The van der Waals surface area contributed by atoms with E-state index in [1.807, 2.05) is 40.3 Å². The number of fused-ring (bicyclic) bond motifs is 1. The third-order valence-corrected chi connectivity index (χ3v) is 7.14. The first-order chi connectivity index (χ1) is 17.9. The lowest BCUT2D eigenvalue weighted by Gasteiger charge is -2.31. The lowest BCUT2D eigenvalue weighted by Crippen LogP contribution is -2.36. The lowest BCUT2D eigenvalue weighted by molar-refractivity contribution is -0.129. The van der Waals surface area contributed by atoms with Crippen molar-refractivity contribution >= 4 is 29.8 Å². The Balaban J connectivity index is 1.41. The molecule has 0 bridgehead atoms. The van der Waals surface area contributed by atoms with E-state index in [1.165, 1.54) is 5.56 Å². The summed E-state index contributed by atoms with van der Waals surface area (Å²) < 4.78 is 1.94. The monoisotopic (exact) mass is 498 g/mol. The summed E-state index contributed by atoms with van der Waals surface area (Å²) in [5.74, 6) is 1.75. The molecule has 4 heterocycles. The minimum Gasteiger partial charge on any atom is -0.378 e. The van der Waals surface area contributed by atoms with Crippen molar-refractivity contribution in [3.63, 3.8) is 0 Å². The molecule has 1 unspecified atom stereocenters. The SMILES string of the molecule is CC(=O)N1CCC(c2ccc(Nc3nc(-c4cnn(CC(C)C)c4)cc4c3C(C=O)NC=C4)cc2)CC1. The van der Waals surface area contributed by atoms with Crippen LogP contribution in [0.5, 0.6) is 0 Å². The van der Waals surface area contributed by atoms with Crippen molar-refractivity contribution in [2.45, 2.75) is 52.1 Å². The van der Waals surface area contributed by atoms with Crippen molar-refractivity contribution in [1.29, 1.82) is 0 Å². The van der Waals surface area contributed by atoms with Crippen LogP contribution in [0.25, 0.3) is 17.3 Å². The number of carbonyl (C=O) groups is 2. The van der Waals surface area contributed by atoms with E-state index in [0.717, 1.165) is 66.8 Å². The standard InChI is InChI=1S/C29H34N6O2/c1-19(2)16-35-17-24(15-31-35)26-14-23-8-11-30-27(18-36)28(23)29(33-26)32-25-6-4-21(5-7-25)22-9-12-34(13-10-22)20(3)37/h4-8,11,14-15,17-19,22,27,30H,9-10,12-13,16H2,1-3H3,(H,32,33). The van der Waals surface area contributed by atoms with E-state index in [-0.39, 0.29) is 5.91 Å². The number of likely N-dealkylation sites (tertiary alicyclic amines) is 1. The molecule has 1 amide bonds. The Bertz CT molecular complexity index is 1300. The van der Waals surface area contributed by atoms with Gasteiger partial charge in [-0.3, -0.25) is 9.48 Å². The Labute approximate surface area is 217 Å². The third-order valence-electron chi connectivity index (χ3n) is 7.14. The van der Waals surface area contributed by atoms with Gasteiger partial charge in [-0.1, -0.05) is 26.0 Å². The summed E-state index contributed by atoms with van der Waals surface area (Å²) >= 11 is 0. The maximum Gasteiger partial charge on any atom is 0.219 e. The number of carbonyl (C=O) groups excluding carboxylic acids is 2. The van der Waals surface area contributed by atoms with Crippen LogP contribution in [-0.2, 0) is 16.1 Å². The topological polar surface area (TPSA) is 92.2 Å². The first-order valence-electron chi connectivity index (χ1n) is 13.0. The molecule has 0 saturated carbocycles. The molecule has 192 valence electrons. The molecule has 0 spiro atoms. The highest BCUT2D eigenvalue weighted by Gasteiger charge is 2.24. The molecular weight excluding hydrogens is 464 g/mol. The van der Waals surface area contributed by atoms with Crippen LogP contribution in [0.15, 0.2) is 48.9 Å². The minimum atomic E-state index is -0.474. The van der Waals surface area contributed by atoms with Gasteiger partial charge in [-0.25, -0.2) is 4.98 Å². The third kappa shape index (κ3) is 5.43. The van der Waals surface area contributed by atoms with Crippen LogP contribution in [-0.4, -0.2) is 44.9 Å². The number of rotatable bonds is 7. The molecule has 5 rings (SSSR count). The van der Waals surface area contributed by atoms with Gasteiger partial charge in [-0.15, -0.1) is 0 Å². The van der Waals surface area contributed by atoms with Crippen LogP contribution in [0, 0.1) is 5.92 Å². The number of aldehydes is 1. The van der Waals surface area contributed by atoms with Crippen molar-refractivity contribution in [2.24, 2.45) is 5.92 Å². The first kappa shape index (κ1) is 24.7. The van der Waals surface area contributed by atoms with Crippen LogP contribution in [0.2, 0.25) is 0 Å². The van der Waals surface area contributed by atoms with Crippen LogP contribution >= 0.6 is 0 Å². The second kappa shape index (κ2) is 10.6. The van der Waals surface area contributed by atoms with Crippen molar-refractivity contribution in [2.75, 3.05) is 18.4 Å². The number of nitrogens with one attached hydrogen (secondary N) is 2. The van der Waals surface area contributed by atoms with Crippen LogP contribution < -0.4 is 10.6 Å². The number of hydrogen-bond donors (Lipinski definition) is 2. The largest absolute Gasteiger partial charge is 0.378 e. The molecule has 0 radical (unpaired) electrons. The predicted octanol–water partition coefficient (Wildman–Crippen LogP) is 4.88. The van der Waals surface area contributed by atoms with Gasteiger partial charge in [0.2, 0.25) is 5.91 Å². The van der Waals surface area contributed by atoms with Gasteiger partial charge < -0.3 is 20.3 Å². The van der Waals surface area contributed by atoms with E-state index < -0.39 is 6.04 Å². The van der Waals surface area contributed by atoms with Gasteiger partial charge in [-0.2, -0.15) is 5.10 Å². The van der Waals surface area contributed by atoms with Crippen LogP contribution in [0.4, 0.5) is 11.5 Å². The number of aromatic nitrogens is 3. The molecule has 1 atom stereocenters. The molecule has 2 N–H and O–H groups in total. The summed E-state index contributed by atoms with van der Waals surface area (Å²) in [6, 6.07) is 9.97. The number of hydrogen-bond acceptors (Lipinski definition) is 6. The van der Waals surface area contributed by atoms with Gasteiger partial charge in [0.05, 0.1) is 11.9 Å². The average molecular weight is 499 g/mol. The number of benzene rings is 1. The van der Waals surface area contributed by atoms with Gasteiger partial charge >= 0.3 is 0 Å². The van der Waals surface area contributed by atoms with Gasteiger partial charge in [0, 0.05) is 49.6 Å². The lowest BCUT2D eigenvalue weighted by atomic mass is 9.89. The fraction of sp³-hybridized carbons (Fsp3) is 0.379. The van der Waals surface area contributed by atoms with Crippen molar-refractivity contribution < 1.29 is 9.59 Å². The zero-order valence-electron chi connectivity index (χ0n) is 21.6. The summed E-state index contributed by atoms with van der Waals surface area (Å²) in [5, 5.41) is 11.1. The molecule has 1 saturated heterocycles. The number of amides is 1. The fourth-order valence-electron chi connectivity index (χ4n) is 5.19. The normalized spacial score (nSPS) is 17.4. The molecule has 2 aromatic heterocycles. The molecule has 8 nitrogen and oxygen atoms in total. The number of nitrogens with zero attached hydrogens (tertiary/aromatic N) is 4. The highest BCUT2D eigenvalue weighted by molar-refractivity contribution is 5.80. The Morgan fingerprint density at radius 2 is 1.97 bits per heavy atom. The highest BCUT2D eigenvalue weighted by atomic mass is 16.2. The Kier molecular flexibility index (Phi) is 7.08. The zero-order valence-corrected chi connectivity index (χ0v) is 21.6. The second-order valence-electron chi connectivity index (χ2n) is 10.3. The summed E-state index contributed by atoms with van der Waals surface area (Å²) in [7, 11) is 0. The summed E-state index contributed by atoms with van der Waals surface area (Å²) in [6.45, 7) is 8.43. The van der Waals surface area contributed by atoms with E-state index >= 15 is 0 Å².